The van der Waals surface area contributed by atoms with E-state index in [0.29, 0.717) is 5.56 Å². The van der Waals surface area contributed by atoms with E-state index < -0.39 is 52.4 Å². The lowest BCUT2D eigenvalue weighted by molar-refractivity contribution is -0.189. The number of rotatable bonds is 8. The lowest BCUT2D eigenvalue weighted by Gasteiger charge is -2.27. The van der Waals surface area contributed by atoms with Crippen LogP contribution in [-0.2, 0) is 16.1 Å². The van der Waals surface area contributed by atoms with Gasteiger partial charge in [-0.25, -0.2) is 19.5 Å². The zero-order valence-corrected chi connectivity index (χ0v) is 24.3. The van der Waals surface area contributed by atoms with Crippen LogP contribution in [0.2, 0.25) is 0 Å². The summed E-state index contributed by atoms with van der Waals surface area (Å²) in [5, 5.41) is 2.38. The number of nitrogens with one attached hydrogen (secondary N) is 1. The molecule has 1 aliphatic heterocycles. The number of hydrogen-bond donors (Lipinski definition) is 1. The van der Waals surface area contributed by atoms with Gasteiger partial charge in [-0.3, -0.25) is 9.59 Å². The Labute approximate surface area is 255 Å². The highest BCUT2D eigenvalue weighted by atomic mass is 32.2. The van der Waals surface area contributed by atoms with E-state index in [-0.39, 0.29) is 40.5 Å². The number of pyridine rings is 1. The summed E-state index contributed by atoms with van der Waals surface area (Å²) in [5.41, 5.74) is -5.94. The molecule has 0 saturated carbocycles. The maximum Gasteiger partial charge on any atom is 0.491 e. The van der Waals surface area contributed by atoms with E-state index in [2.05, 4.69) is 15.0 Å². The molecule has 4 rings (SSSR count). The molecule has 0 bridgehead atoms. The zero-order valence-electron chi connectivity index (χ0n) is 23.4. The van der Waals surface area contributed by atoms with Crippen LogP contribution >= 0.6 is 11.8 Å². The molecule has 2 aromatic carbocycles. The fourth-order valence-corrected chi connectivity index (χ4v) is 4.78. The molecule has 45 heavy (non-hydrogen) atoms. The molecular weight excluding hydrogens is 634 g/mol. The Morgan fingerprint density at radius 3 is 2.27 bits per heavy atom. The van der Waals surface area contributed by atoms with E-state index in [4.69, 9.17) is 4.74 Å². The maximum atomic E-state index is 13.4. The highest BCUT2D eigenvalue weighted by Crippen LogP contribution is 2.39. The molecule has 0 radical (unpaired) electrons. The van der Waals surface area contributed by atoms with Crippen LogP contribution in [-0.4, -0.2) is 58.0 Å². The lowest BCUT2D eigenvalue weighted by atomic mass is 10.0. The van der Waals surface area contributed by atoms with E-state index in [1.54, 1.807) is 0 Å². The van der Waals surface area contributed by atoms with Crippen molar-refractivity contribution in [3.8, 4) is 11.5 Å². The Kier molecular flexibility index (Phi) is 9.05. The highest BCUT2D eigenvalue weighted by Gasteiger charge is 2.51. The highest BCUT2D eigenvalue weighted by molar-refractivity contribution is 8.00. The molecule has 0 atom stereocenters. The summed E-state index contributed by atoms with van der Waals surface area (Å²) >= 11 is -0.342. The van der Waals surface area contributed by atoms with Gasteiger partial charge in [-0.1, -0.05) is 6.07 Å². The minimum Gasteiger partial charge on any atom is -0.493 e. The number of anilines is 2. The maximum absolute atomic E-state index is 13.4. The summed E-state index contributed by atoms with van der Waals surface area (Å²) in [6.07, 6.45) is -4.08. The van der Waals surface area contributed by atoms with Gasteiger partial charge < -0.3 is 19.7 Å². The minimum absolute atomic E-state index is 0.0649. The molecular formula is C28H22F6N4O6S. The molecule has 3 aromatic rings. The van der Waals surface area contributed by atoms with E-state index >= 15 is 0 Å². The Morgan fingerprint density at radius 1 is 1.00 bits per heavy atom. The Morgan fingerprint density at radius 2 is 1.67 bits per heavy atom. The van der Waals surface area contributed by atoms with Gasteiger partial charge >= 0.3 is 23.7 Å². The number of thioether (sulfide) groups is 1. The number of carbonyl (C=O) groups excluding carboxylic acids is 4. The van der Waals surface area contributed by atoms with E-state index in [0.717, 1.165) is 30.2 Å². The number of para-hydroxylation sites is 1. The van der Waals surface area contributed by atoms with E-state index in [9.17, 15) is 45.5 Å². The van der Waals surface area contributed by atoms with Crippen LogP contribution in [0.25, 0.3) is 0 Å². The number of halogens is 6. The van der Waals surface area contributed by atoms with Crippen molar-refractivity contribution >= 4 is 47.1 Å². The Hall–Kier alpha value is -4.80. The van der Waals surface area contributed by atoms with Crippen LogP contribution in [0, 0.1) is 0 Å². The molecule has 10 nitrogen and oxygen atoms in total. The van der Waals surface area contributed by atoms with Crippen molar-refractivity contribution in [2.45, 2.75) is 42.5 Å². The summed E-state index contributed by atoms with van der Waals surface area (Å²) in [6, 6.07) is 10.4. The number of urea groups is 1. The van der Waals surface area contributed by atoms with Gasteiger partial charge in [0.15, 0.2) is 11.5 Å². The average Bonchev–Trinajstić information content (AvgIpc) is 3.11. The number of benzene rings is 2. The number of ether oxygens (including phenoxy) is 2. The van der Waals surface area contributed by atoms with Crippen LogP contribution in [0.1, 0.15) is 29.8 Å². The van der Waals surface area contributed by atoms with Crippen LogP contribution in [0.5, 0.6) is 11.5 Å². The fraction of sp³-hybridized carbons (Fsp3) is 0.250. The summed E-state index contributed by atoms with van der Waals surface area (Å²) in [5.74, 6) is -5.40. The number of methoxy groups -OCH3 is 1. The number of amides is 4. The molecule has 1 saturated heterocycles. The predicted octanol–water partition coefficient (Wildman–Crippen LogP) is 6.17. The second-order valence-corrected chi connectivity index (χ2v) is 11.0. The average molecular weight is 657 g/mol. The largest absolute Gasteiger partial charge is 0.493 e. The molecule has 238 valence electrons. The molecule has 17 heteroatoms. The number of imide groups is 1. The van der Waals surface area contributed by atoms with Gasteiger partial charge in [0.2, 0.25) is 0 Å². The topological polar surface area (TPSA) is 118 Å². The predicted molar refractivity (Wildman–Crippen MR) is 148 cm³/mol. The first-order chi connectivity index (χ1) is 20.9. The number of hydrogen-bond acceptors (Lipinski definition) is 8. The molecule has 0 aliphatic carbocycles. The van der Waals surface area contributed by atoms with Crippen LogP contribution in [0.4, 0.5) is 42.6 Å². The molecule has 1 fully saturated rings. The van der Waals surface area contributed by atoms with Gasteiger partial charge in [0.05, 0.1) is 18.4 Å². The molecule has 2 heterocycles. The van der Waals surface area contributed by atoms with Gasteiger partial charge in [-0.15, -0.1) is 0 Å². The minimum atomic E-state index is -5.35. The zero-order chi connectivity index (χ0) is 33.3. The van der Waals surface area contributed by atoms with Crippen molar-refractivity contribution in [3.05, 3.63) is 71.9 Å². The molecule has 1 aromatic heterocycles. The monoisotopic (exact) mass is 656 g/mol. The van der Waals surface area contributed by atoms with Crippen LogP contribution in [0.3, 0.4) is 0 Å². The van der Waals surface area contributed by atoms with Gasteiger partial charge in [0, 0.05) is 17.6 Å². The van der Waals surface area contributed by atoms with E-state index in [1.807, 2.05) is 0 Å². The third kappa shape index (κ3) is 7.30. The van der Waals surface area contributed by atoms with Crippen LogP contribution < -0.4 is 19.7 Å². The first-order valence-electron chi connectivity index (χ1n) is 12.7. The SMILES string of the molecule is COc1cccc(C(=O)Nc2cc(CN3C(=O)N(c4ccc(SC(F)(F)F)cc4)C(=O)C3(C)C)ccn2)c1OC(=O)C(F)(F)F. The number of carbonyl (C=O) groups is 4. The smallest absolute Gasteiger partial charge is 0.491 e. The van der Waals surface area contributed by atoms with Crippen molar-refractivity contribution in [1.29, 1.82) is 0 Å². The summed E-state index contributed by atoms with van der Waals surface area (Å²) in [6.45, 7) is 2.80. The first kappa shape index (κ1) is 33.1. The number of aromatic nitrogens is 1. The normalized spacial score (nSPS) is 14.9. The Balaban J connectivity index is 1.54. The summed E-state index contributed by atoms with van der Waals surface area (Å²) in [4.78, 5) is 57.1. The Bertz CT molecular complexity index is 1650. The molecule has 1 aliphatic rings. The number of esters is 1. The van der Waals surface area contributed by atoms with Gasteiger partial charge in [0.25, 0.3) is 11.8 Å². The van der Waals surface area contributed by atoms with Gasteiger partial charge in [-0.05, 0) is 79.7 Å². The standard InChI is InChI=1S/C28H22F6N4O6S/c1-26(2)23(40)38(16-7-9-17(10-8-16)45-28(32,33)34)25(42)37(26)14-15-11-12-35-20(13-15)36-22(39)18-5-4-6-19(43-3)21(18)44-24(41)27(29,30)31/h4-13H,14H2,1-3H3,(H,35,36,39). The van der Waals surface area contributed by atoms with Crippen LogP contribution in [0.15, 0.2) is 65.7 Å². The molecule has 0 unspecified atom stereocenters. The van der Waals surface area contributed by atoms with Gasteiger partial charge in [-0.2, -0.15) is 26.3 Å². The molecule has 4 amide bonds. The quantitative estimate of drug-likeness (QED) is 0.101. The number of nitrogens with zero attached hydrogens (tertiary/aromatic N) is 3. The lowest BCUT2D eigenvalue weighted by Crippen LogP contribution is -2.43. The van der Waals surface area contributed by atoms with Crippen molar-refractivity contribution in [2.24, 2.45) is 0 Å². The second kappa shape index (κ2) is 12.3. The van der Waals surface area contributed by atoms with Crippen molar-refractivity contribution in [1.82, 2.24) is 9.88 Å². The third-order valence-corrected chi connectivity index (χ3v) is 7.17. The second-order valence-electron chi connectivity index (χ2n) is 9.84. The summed E-state index contributed by atoms with van der Waals surface area (Å²) < 4.78 is 86.0. The van der Waals surface area contributed by atoms with Gasteiger partial charge in [0.1, 0.15) is 11.4 Å². The fourth-order valence-electron chi connectivity index (χ4n) is 4.24. The number of alkyl halides is 6. The van der Waals surface area contributed by atoms with Crippen molar-refractivity contribution in [2.75, 3.05) is 17.3 Å². The third-order valence-electron chi connectivity index (χ3n) is 6.43. The van der Waals surface area contributed by atoms with Crippen molar-refractivity contribution in [3.63, 3.8) is 0 Å². The molecule has 1 N–H and O–H groups in total. The van der Waals surface area contributed by atoms with E-state index in [1.165, 1.54) is 61.3 Å². The molecule has 0 spiro atoms. The van der Waals surface area contributed by atoms with Crippen molar-refractivity contribution < 1.29 is 55.0 Å². The first-order valence-corrected chi connectivity index (χ1v) is 13.5. The summed E-state index contributed by atoms with van der Waals surface area (Å²) in [7, 11) is 1.10.